The number of ether oxygens (including phenoxy) is 1. The van der Waals surface area contributed by atoms with Gasteiger partial charge >= 0.3 is 0 Å². The van der Waals surface area contributed by atoms with Crippen molar-refractivity contribution in [2.75, 3.05) is 26.8 Å². The van der Waals surface area contributed by atoms with E-state index in [0.717, 1.165) is 24.1 Å². The van der Waals surface area contributed by atoms with Crippen LogP contribution in [0.15, 0.2) is 47.3 Å². The van der Waals surface area contributed by atoms with Crippen molar-refractivity contribution >= 4 is 0 Å². The lowest BCUT2D eigenvalue weighted by Gasteiger charge is -2.18. The van der Waals surface area contributed by atoms with E-state index in [1.54, 1.807) is 25.7 Å². The molecule has 20 heavy (non-hydrogen) atoms. The molecule has 3 nitrogen and oxygen atoms in total. The van der Waals surface area contributed by atoms with Crippen LogP contribution in [0.1, 0.15) is 17.0 Å². The minimum Gasteiger partial charge on any atom is -0.472 e. The molecule has 1 aromatic carbocycles. The summed E-state index contributed by atoms with van der Waals surface area (Å²) in [5.41, 5.74) is 1.81. The molecule has 0 saturated heterocycles. The second-order valence-corrected chi connectivity index (χ2v) is 4.75. The summed E-state index contributed by atoms with van der Waals surface area (Å²) in [7, 11) is 1.67. The average Bonchev–Trinajstić information content (AvgIpc) is 2.96. The minimum absolute atomic E-state index is 0.0747. The van der Waals surface area contributed by atoms with E-state index < -0.39 is 0 Å². The van der Waals surface area contributed by atoms with Crippen molar-refractivity contribution < 1.29 is 13.5 Å². The molecular formula is C16H20FNO2. The molecule has 1 atom stereocenters. The average molecular weight is 277 g/mol. The van der Waals surface area contributed by atoms with Gasteiger partial charge in [-0.3, -0.25) is 0 Å². The largest absolute Gasteiger partial charge is 0.472 e. The van der Waals surface area contributed by atoms with Gasteiger partial charge in [-0.05, 0) is 29.7 Å². The lowest BCUT2D eigenvalue weighted by atomic mass is 9.92. The lowest BCUT2D eigenvalue weighted by Crippen LogP contribution is -2.26. The molecule has 0 amide bonds. The highest BCUT2D eigenvalue weighted by Crippen LogP contribution is 2.23. The molecule has 0 saturated carbocycles. The molecule has 2 aromatic rings. The summed E-state index contributed by atoms with van der Waals surface area (Å²) in [6.45, 7) is 2.11. The van der Waals surface area contributed by atoms with Crippen LogP contribution >= 0.6 is 0 Å². The fourth-order valence-electron chi connectivity index (χ4n) is 2.24. The Balaban J connectivity index is 2.05. The van der Waals surface area contributed by atoms with Crippen molar-refractivity contribution in [1.29, 1.82) is 0 Å². The van der Waals surface area contributed by atoms with Crippen LogP contribution in [0.5, 0.6) is 0 Å². The van der Waals surface area contributed by atoms with E-state index in [4.69, 9.17) is 9.15 Å². The normalized spacial score (nSPS) is 12.5. The standard InChI is InChI=1S/C16H20FNO2/c1-19-9-7-18-11-14(10-13-6-8-20-12-13)15-4-2-3-5-16(15)17/h2-6,8,12,14,18H,7,9-11H2,1H3. The first-order valence-electron chi connectivity index (χ1n) is 6.76. The van der Waals surface area contributed by atoms with Gasteiger partial charge in [0.2, 0.25) is 0 Å². The number of furan rings is 1. The first kappa shape index (κ1) is 14.8. The van der Waals surface area contributed by atoms with Gasteiger partial charge in [0.1, 0.15) is 5.82 Å². The van der Waals surface area contributed by atoms with Crippen LogP contribution in [0.4, 0.5) is 4.39 Å². The van der Waals surface area contributed by atoms with Gasteiger partial charge < -0.3 is 14.5 Å². The van der Waals surface area contributed by atoms with E-state index in [-0.39, 0.29) is 11.7 Å². The summed E-state index contributed by atoms with van der Waals surface area (Å²) in [4.78, 5) is 0. The maximum atomic E-state index is 14.0. The number of benzene rings is 1. The van der Waals surface area contributed by atoms with Crippen LogP contribution in [0, 0.1) is 5.82 Å². The third kappa shape index (κ3) is 4.18. The molecule has 0 radical (unpaired) electrons. The smallest absolute Gasteiger partial charge is 0.126 e. The van der Waals surface area contributed by atoms with Crippen molar-refractivity contribution in [3.63, 3.8) is 0 Å². The van der Waals surface area contributed by atoms with Crippen LogP contribution in [0.25, 0.3) is 0 Å². The summed E-state index contributed by atoms with van der Waals surface area (Å²) < 4.78 is 24.1. The molecule has 0 spiro atoms. The van der Waals surface area contributed by atoms with E-state index >= 15 is 0 Å². The Kier molecular flexibility index (Phi) is 5.77. The fraction of sp³-hybridized carbons (Fsp3) is 0.375. The number of hydrogen-bond donors (Lipinski definition) is 1. The minimum atomic E-state index is -0.158. The van der Waals surface area contributed by atoms with Gasteiger partial charge in [0, 0.05) is 26.1 Å². The lowest BCUT2D eigenvalue weighted by molar-refractivity contribution is 0.199. The van der Waals surface area contributed by atoms with Crippen LogP contribution in [0.3, 0.4) is 0 Å². The molecule has 1 unspecified atom stereocenters. The Morgan fingerprint density at radius 2 is 2.15 bits per heavy atom. The predicted octanol–water partition coefficient (Wildman–Crippen LogP) is 2.98. The van der Waals surface area contributed by atoms with Crippen molar-refractivity contribution in [1.82, 2.24) is 5.32 Å². The third-order valence-electron chi connectivity index (χ3n) is 3.28. The second kappa shape index (κ2) is 7.82. The Hall–Kier alpha value is -1.65. The molecule has 2 rings (SSSR count). The van der Waals surface area contributed by atoms with E-state index in [1.165, 1.54) is 6.07 Å². The Morgan fingerprint density at radius 3 is 2.85 bits per heavy atom. The van der Waals surface area contributed by atoms with Crippen molar-refractivity contribution in [2.24, 2.45) is 0 Å². The zero-order valence-corrected chi connectivity index (χ0v) is 11.6. The van der Waals surface area contributed by atoms with Crippen LogP contribution in [-0.2, 0) is 11.2 Å². The molecule has 0 aliphatic carbocycles. The fourth-order valence-corrected chi connectivity index (χ4v) is 2.24. The van der Waals surface area contributed by atoms with Gasteiger partial charge in [-0.15, -0.1) is 0 Å². The highest BCUT2D eigenvalue weighted by molar-refractivity contribution is 5.24. The topological polar surface area (TPSA) is 34.4 Å². The van der Waals surface area contributed by atoms with E-state index in [0.29, 0.717) is 13.2 Å². The van der Waals surface area contributed by atoms with Gasteiger partial charge in [0.25, 0.3) is 0 Å². The zero-order valence-electron chi connectivity index (χ0n) is 11.6. The monoisotopic (exact) mass is 277 g/mol. The van der Waals surface area contributed by atoms with Gasteiger partial charge in [0.05, 0.1) is 19.1 Å². The van der Waals surface area contributed by atoms with Crippen LogP contribution in [0.2, 0.25) is 0 Å². The number of rotatable bonds is 8. The molecular weight excluding hydrogens is 257 g/mol. The molecule has 0 bridgehead atoms. The molecule has 1 N–H and O–H groups in total. The number of methoxy groups -OCH3 is 1. The Labute approximate surface area is 118 Å². The van der Waals surface area contributed by atoms with E-state index in [1.807, 2.05) is 18.2 Å². The quantitative estimate of drug-likeness (QED) is 0.753. The molecule has 1 heterocycles. The Morgan fingerprint density at radius 1 is 1.30 bits per heavy atom. The summed E-state index contributed by atoms with van der Waals surface area (Å²) in [6.07, 6.45) is 4.10. The Bertz CT molecular complexity index is 499. The molecule has 0 aliphatic heterocycles. The number of halogens is 1. The first-order valence-corrected chi connectivity index (χ1v) is 6.76. The number of hydrogen-bond acceptors (Lipinski definition) is 3. The van der Waals surface area contributed by atoms with Crippen molar-refractivity contribution in [2.45, 2.75) is 12.3 Å². The SMILES string of the molecule is COCCNCC(Cc1ccoc1)c1ccccc1F. The molecule has 4 heteroatoms. The maximum absolute atomic E-state index is 14.0. The third-order valence-corrected chi connectivity index (χ3v) is 3.28. The summed E-state index contributed by atoms with van der Waals surface area (Å²) in [5.74, 6) is -0.0832. The molecule has 1 aromatic heterocycles. The highest BCUT2D eigenvalue weighted by atomic mass is 19.1. The van der Waals surface area contributed by atoms with Crippen LogP contribution in [-0.4, -0.2) is 26.8 Å². The van der Waals surface area contributed by atoms with Gasteiger partial charge in [-0.2, -0.15) is 0 Å². The van der Waals surface area contributed by atoms with Gasteiger partial charge in [-0.25, -0.2) is 4.39 Å². The van der Waals surface area contributed by atoms with E-state index in [2.05, 4.69) is 5.32 Å². The van der Waals surface area contributed by atoms with Gasteiger partial charge in [0.15, 0.2) is 0 Å². The maximum Gasteiger partial charge on any atom is 0.126 e. The van der Waals surface area contributed by atoms with Crippen molar-refractivity contribution in [3.8, 4) is 0 Å². The van der Waals surface area contributed by atoms with Crippen molar-refractivity contribution in [3.05, 3.63) is 59.8 Å². The summed E-state index contributed by atoms with van der Waals surface area (Å²) in [5, 5.41) is 3.30. The summed E-state index contributed by atoms with van der Waals surface area (Å²) in [6, 6.07) is 8.86. The first-order chi connectivity index (χ1) is 9.81. The highest BCUT2D eigenvalue weighted by Gasteiger charge is 2.16. The molecule has 0 aliphatic rings. The van der Waals surface area contributed by atoms with Gasteiger partial charge in [-0.1, -0.05) is 18.2 Å². The second-order valence-electron chi connectivity index (χ2n) is 4.75. The van der Waals surface area contributed by atoms with Crippen LogP contribution < -0.4 is 5.32 Å². The molecule has 0 fully saturated rings. The predicted molar refractivity (Wildman–Crippen MR) is 76.3 cm³/mol. The zero-order chi connectivity index (χ0) is 14.2. The summed E-state index contributed by atoms with van der Waals surface area (Å²) >= 11 is 0. The number of nitrogens with one attached hydrogen (secondary N) is 1. The molecule has 108 valence electrons. The van der Waals surface area contributed by atoms with E-state index in [9.17, 15) is 4.39 Å².